The van der Waals surface area contributed by atoms with Crippen LogP contribution < -0.4 is 15.4 Å². The number of methoxy groups -OCH3 is 1. The second kappa shape index (κ2) is 8.86. The molecule has 10 heteroatoms. The van der Waals surface area contributed by atoms with E-state index in [0.29, 0.717) is 37.0 Å². The highest BCUT2D eigenvalue weighted by atomic mass is 35.5. The zero-order valence-corrected chi connectivity index (χ0v) is 16.3. The summed E-state index contributed by atoms with van der Waals surface area (Å²) in [5.74, 6) is 0.552. The number of ether oxygens (including phenoxy) is 1. The van der Waals surface area contributed by atoms with Crippen molar-refractivity contribution in [1.82, 2.24) is 15.3 Å². The van der Waals surface area contributed by atoms with Crippen molar-refractivity contribution in [2.24, 2.45) is 0 Å². The summed E-state index contributed by atoms with van der Waals surface area (Å²) < 4.78 is 43.6. The maximum absolute atomic E-state index is 12.9. The molecule has 2 aromatic rings. The van der Waals surface area contributed by atoms with E-state index in [4.69, 9.17) is 16.3 Å². The van der Waals surface area contributed by atoms with Crippen molar-refractivity contribution in [3.8, 4) is 5.75 Å². The molecule has 0 atom stereocenters. The molecule has 0 bridgehead atoms. The fourth-order valence-electron chi connectivity index (χ4n) is 3.24. The van der Waals surface area contributed by atoms with Gasteiger partial charge in [-0.15, -0.1) is 0 Å². The number of rotatable bonds is 5. The largest absolute Gasteiger partial charge is 0.497 e. The SMILES string of the molecule is COc1ccc(C(=O)NC2CCC(Nc3cc(C(F)(F)F)nc(Cl)n3)CC2)cc1. The molecule has 0 radical (unpaired) electrons. The molecular formula is C19H20ClF3N4O2. The molecule has 29 heavy (non-hydrogen) atoms. The summed E-state index contributed by atoms with van der Waals surface area (Å²) >= 11 is 5.61. The molecule has 1 saturated carbocycles. The first kappa shape index (κ1) is 21.2. The Morgan fingerprint density at radius 2 is 1.72 bits per heavy atom. The third-order valence-electron chi connectivity index (χ3n) is 4.76. The van der Waals surface area contributed by atoms with E-state index in [0.717, 1.165) is 6.07 Å². The highest BCUT2D eigenvalue weighted by Gasteiger charge is 2.34. The molecule has 0 saturated heterocycles. The second-order valence-electron chi connectivity index (χ2n) is 6.80. The average Bonchev–Trinajstić information content (AvgIpc) is 2.68. The van der Waals surface area contributed by atoms with Crippen LogP contribution in [0.3, 0.4) is 0 Å². The van der Waals surface area contributed by atoms with Crippen LogP contribution in [0.15, 0.2) is 30.3 Å². The molecule has 0 spiro atoms. The molecule has 1 aromatic heterocycles. The van der Waals surface area contributed by atoms with E-state index in [1.165, 1.54) is 0 Å². The fourth-order valence-corrected chi connectivity index (χ4v) is 3.42. The highest BCUT2D eigenvalue weighted by molar-refractivity contribution is 6.28. The minimum absolute atomic E-state index is 0.00220. The molecule has 3 rings (SSSR count). The van der Waals surface area contributed by atoms with Crippen molar-refractivity contribution >= 4 is 23.3 Å². The van der Waals surface area contributed by atoms with E-state index < -0.39 is 17.2 Å². The molecule has 1 aromatic carbocycles. The van der Waals surface area contributed by atoms with Gasteiger partial charge in [0.05, 0.1) is 7.11 Å². The molecule has 0 aliphatic heterocycles. The van der Waals surface area contributed by atoms with E-state index in [2.05, 4.69) is 20.6 Å². The number of anilines is 1. The van der Waals surface area contributed by atoms with Gasteiger partial charge in [-0.25, -0.2) is 9.97 Å². The molecule has 6 nitrogen and oxygen atoms in total. The Labute approximate surface area is 170 Å². The number of carbonyl (C=O) groups excluding carboxylic acids is 1. The van der Waals surface area contributed by atoms with Crippen molar-refractivity contribution in [2.75, 3.05) is 12.4 Å². The normalized spacial score (nSPS) is 19.5. The van der Waals surface area contributed by atoms with Crippen molar-refractivity contribution in [2.45, 2.75) is 43.9 Å². The molecule has 1 heterocycles. The lowest BCUT2D eigenvalue weighted by molar-refractivity contribution is -0.141. The highest BCUT2D eigenvalue weighted by Crippen LogP contribution is 2.30. The van der Waals surface area contributed by atoms with E-state index in [1.54, 1.807) is 31.4 Å². The molecule has 2 N–H and O–H groups in total. The summed E-state index contributed by atoms with van der Waals surface area (Å²) in [7, 11) is 1.56. The number of nitrogens with zero attached hydrogens (tertiary/aromatic N) is 2. The molecule has 0 unspecified atom stereocenters. The van der Waals surface area contributed by atoms with Gasteiger partial charge in [0, 0.05) is 23.7 Å². The Bertz CT molecular complexity index is 854. The third-order valence-corrected chi connectivity index (χ3v) is 4.92. The maximum Gasteiger partial charge on any atom is 0.433 e. The Balaban J connectivity index is 1.53. The van der Waals surface area contributed by atoms with Crippen LogP contribution in [-0.4, -0.2) is 35.1 Å². The topological polar surface area (TPSA) is 76.1 Å². The van der Waals surface area contributed by atoms with Crippen LogP contribution in [0.25, 0.3) is 0 Å². The molecule has 1 aliphatic rings. The zero-order valence-electron chi connectivity index (χ0n) is 15.6. The van der Waals surface area contributed by atoms with Crippen LogP contribution in [0.4, 0.5) is 19.0 Å². The summed E-state index contributed by atoms with van der Waals surface area (Å²) in [6.45, 7) is 0. The second-order valence-corrected chi connectivity index (χ2v) is 7.14. The van der Waals surface area contributed by atoms with Gasteiger partial charge in [-0.3, -0.25) is 4.79 Å². The van der Waals surface area contributed by atoms with Crippen LogP contribution in [0.5, 0.6) is 5.75 Å². The number of amides is 1. The standard InChI is InChI=1S/C19H20ClF3N4O2/c1-29-14-8-2-11(3-9-14)17(28)25-13-6-4-12(5-7-13)24-16-10-15(19(21,22)23)26-18(20)27-16/h2-3,8-10,12-13H,4-7H2,1H3,(H,25,28)(H,24,26,27). The summed E-state index contributed by atoms with van der Waals surface area (Å²) in [6.07, 6.45) is -1.84. The van der Waals surface area contributed by atoms with Gasteiger partial charge < -0.3 is 15.4 Å². The monoisotopic (exact) mass is 428 g/mol. The lowest BCUT2D eigenvalue weighted by Gasteiger charge is -2.30. The predicted molar refractivity (Wildman–Crippen MR) is 102 cm³/mol. The lowest BCUT2D eigenvalue weighted by Crippen LogP contribution is -2.40. The first-order valence-electron chi connectivity index (χ1n) is 9.08. The van der Waals surface area contributed by atoms with Gasteiger partial charge in [-0.2, -0.15) is 13.2 Å². The van der Waals surface area contributed by atoms with Gasteiger partial charge in [0.1, 0.15) is 11.6 Å². The lowest BCUT2D eigenvalue weighted by atomic mass is 9.91. The number of carbonyl (C=O) groups is 1. The Hall–Kier alpha value is -2.55. The van der Waals surface area contributed by atoms with Crippen LogP contribution in [0, 0.1) is 0 Å². The Morgan fingerprint density at radius 3 is 2.31 bits per heavy atom. The first-order chi connectivity index (χ1) is 13.7. The quantitative estimate of drug-likeness (QED) is 0.694. The number of aromatic nitrogens is 2. The average molecular weight is 429 g/mol. The van der Waals surface area contributed by atoms with E-state index in [9.17, 15) is 18.0 Å². The number of benzene rings is 1. The van der Waals surface area contributed by atoms with E-state index >= 15 is 0 Å². The molecular weight excluding hydrogens is 409 g/mol. The Kier molecular flexibility index (Phi) is 6.46. The number of hydrogen-bond donors (Lipinski definition) is 2. The van der Waals surface area contributed by atoms with Gasteiger partial charge in [0.2, 0.25) is 5.28 Å². The van der Waals surface area contributed by atoms with Crippen LogP contribution >= 0.6 is 11.6 Å². The molecule has 1 fully saturated rings. The van der Waals surface area contributed by atoms with Gasteiger partial charge >= 0.3 is 6.18 Å². The summed E-state index contributed by atoms with van der Waals surface area (Å²) in [4.78, 5) is 19.4. The van der Waals surface area contributed by atoms with E-state index in [1.807, 2.05) is 0 Å². The van der Waals surface area contributed by atoms with Crippen LogP contribution in [-0.2, 0) is 6.18 Å². The number of alkyl halides is 3. The number of halogens is 4. The minimum atomic E-state index is -4.59. The maximum atomic E-state index is 12.9. The van der Waals surface area contributed by atoms with Crippen molar-refractivity contribution in [3.63, 3.8) is 0 Å². The van der Waals surface area contributed by atoms with Gasteiger partial charge in [0.25, 0.3) is 5.91 Å². The molecule has 1 aliphatic carbocycles. The number of nitrogens with one attached hydrogen (secondary N) is 2. The summed E-state index contributed by atoms with van der Waals surface area (Å²) in [5, 5.41) is 5.53. The number of hydrogen-bond acceptors (Lipinski definition) is 5. The predicted octanol–water partition coefficient (Wildman–Crippen LogP) is 4.31. The van der Waals surface area contributed by atoms with Gasteiger partial charge in [-0.05, 0) is 61.5 Å². The molecule has 156 valence electrons. The van der Waals surface area contributed by atoms with Crippen molar-refractivity contribution in [1.29, 1.82) is 0 Å². The summed E-state index contributed by atoms with van der Waals surface area (Å²) in [5.41, 5.74) is -0.540. The van der Waals surface area contributed by atoms with Crippen LogP contribution in [0.1, 0.15) is 41.7 Å². The zero-order chi connectivity index (χ0) is 21.0. The van der Waals surface area contributed by atoms with Crippen molar-refractivity contribution < 1.29 is 22.7 Å². The van der Waals surface area contributed by atoms with E-state index in [-0.39, 0.29) is 23.8 Å². The van der Waals surface area contributed by atoms with Crippen LogP contribution in [0.2, 0.25) is 5.28 Å². The minimum Gasteiger partial charge on any atom is -0.497 e. The summed E-state index contributed by atoms with van der Waals surface area (Å²) in [6, 6.07) is 7.62. The third kappa shape index (κ3) is 5.72. The Morgan fingerprint density at radius 1 is 1.10 bits per heavy atom. The van der Waals surface area contributed by atoms with Gasteiger partial charge in [-0.1, -0.05) is 0 Å². The smallest absolute Gasteiger partial charge is 0.433 e. The first-order valence-corrected chi connectivity index (χ1v) is 9.45. The molecule has 1 amide bonds. The fraction of sp³-hybridized carbons (Fsp3) is 0.421. The van der Waals surface area contributed by atoms with Gasteiger partial charge in [0.15, 0.2) is 5.69 Å². The van der Waals surface area contributed by atoms with Crippen molar-refractivity contribution in [3.05, 3.63) is 46.9 Å².